The number of fused-ring (bicyclic) bond motifs is 1. The maximum absolute atomic E-state index is 12.5. The Morgan fingerprint density at radius 3 is 2.80 bits per heavy atom. The molecule has 4 rings (SSSR count). The number of nitrogens with zero attached hydrogens (tertiary/aromatic N) is 2. The number of ether oxygens (including phenoxy) is 1. The molecule has 1 amide bonds. The van der Waals surface area contributed by atoms with E-state index in [0.717, 1.165) is 28.2 Å². The van der Waals surface area contributed by atoms with Crippen LogP contribution >= 0.6 is 11.3 Å². The van der Waals surface area contributed by atoms with Gasteiger partial charge in [0.2, 0.25) is 0 Å². The zero-order chi connectivity index (χ0) is 21.1. The van der Waals surface area contributed by atoms with E-state index in [0.29, 0.717) is 18.0 Å². The third kappa shape index (κ3) is 4.24. The fourth-order valence-electron chi connectivity index (χ4n) is 3.51. The number of para-hydroxylation sites is 2. The van der Waals surface area contributed by atoms with Crippen LogP contribution in [0.4, 0.5) is 0 Å². The Hall–Kier alpha value is -3.12. The average Bonchev–Trinajstić information content (AvgIpc) is 3.39. The lowest BCUT2D eigenvalue weighted by molar-refractivity contribution is 0.0941. The van der Waals surface area contributed by atoms with Crippen molar-refractivity contribution >= 4 is 28.3 Å². The van der Waals surface area contributed by atoms with Gasteiger partial charge in [0.25, 0.3) is 5.91 Å². The number of thiophene rings is 1. The molecular weight excluding hydrogens is 394 g/mol. The highest BCUT2D eigenvalue weighted by atomic mass is 32.1. The number of amides is 1. The molecule has 5 nitrogen and oxygen atoms in total. The van der Waals surface area contributed by atoms with E-state index in [1.165, 1.54) is 16.9 Å². The van der Waals surface area contributed by atoms with Crippen LogP contribution in [0.3, 0.4) is 0 Å². The Kier molecular flexibility index (Phi) is 5.86. The topological polar surface area (TPSA) is 56.1 Å². The predicted octanol–water partition coefficient (Wildman–Crippen LogP) is 5.28. The van der Waals surface area contributed by atoms with E-state index >= 15 is 0 Å². The smallest absolute Gasteiger partial charge is 0.261 e. The lowest BCUT2D eigenvalue weighted by Crippen LogP contribution is -2.28. The third-order valence-corrected chi connectivity index (χ3v) is 5.95. The van der Waals surface area contributed by atoms with Crippen molar-refractivity contribution in [3.8, 4) is 5.75 Å². The monoisotopic (exact) mass is 419 g/mol. The number of aryl methyl sites for hydroxylation is 2. The number of nitrogens with one attached hydrogen (secondary N) is 1. The maximum atomic E-state index is 12.5. The Labute approximate surface area is 180 Å². The summed E-state index contributed by atoms with van der Waals surface area (Å²) < 4.78 is 8.22. The summed E-state index contributed by atoms with van der Waals surface area (Å²) >= 11 is 1.43. The number of hydrogen-bond donors (Lipinski definition) is 1. The fraction of sp³-hybridized carbons (Fsp3) is 0.250. The second-order valence-electron chi connectivity index (χ2n) is 7.40. The fourth-order valence-corrected chi connectivity index (χ4v) is 4.14. The Morgan fingerprint density at radius 2 is 2.00 bits per heavy atom. The van der Waals surface area contributed by atoms with Gasteiger partial charge >= 0.3 is 0 Å². The summed E-state index contributed by atoms with van der Waals surface area (Å²) in [4.78, 5) is 18.0. The van der Waals surface area contributed by atoms with Crippen molar-refractivity contribution in [3.63, 3.8) is 0 Å². The molecule has 0 spiro atoms. The van der Waals surface area contributed by atoms with Crippen LogP contribution in [0.1, 0.15) is 39.6 Å². The van der Waals surface area contributed by atoms with E-state index in [4.69, 9.17) is 9.72 Å². The van der Waals surface area contributed by atoms with Crippen LogP contribution in [0.15, 0.2) is 60.0 Å². The quantitative estimate of drug-likeness (QED) is 0.443. The van der Waals surface area contributed by atoms with Gasteiger partial charge in [-0.15, -0.1) is 11.3 Å². The minimum atomic E-state index is -0.229. The molecule has 1 N–H and O–H groups in total. The molecule has 30 heavy (non-hydrogen) atoms. The van der Waals surface area contributed by atoms with E-state index in [1.807, 2.05) is 42.6 Å². The number of carbonyl (C=O) groups excluding carboxylic acids is 1. The van der Waals surface area contributed by atoms with Crippen molar-refractivity contribution in [2.24, 2.45) is 0 Å². The Bertz CT molecular complexity index is 1160. The summed E-state index contributed by atoms with van der Waals surface area (Å²) in [7, 11) is 0. The number of aromatic nitrogens is 2. The second kappa shape index (κ2) is 8.71. The van der Waals surface area contributed by atoms with Crippen LogP contribution in [-0.2, 0) is 6.54 Å². The first-order chi connectivity index (χ1) is 14.5. The minimum Gasteiger partial charge on any atom is -0.491 e. The number of benzene rings is 2. The molecule has 0 fully saturated rings. The zero-order valence-electron chi connectivity index (χ0n) is 17.4. The second-order valence-corrected chi connectivity index (χ2v) is 8.35. The minimum absolute atomic E-state index is 0.0808. The highest BCUT2D eigenvalue weighted by molar-refractivity contribution is 7.12. The SMILES string of the molecule is Cc1ccc(C)c(OCCn2c(C(C)NC(=O)c3cccs3)nc3ccccc32)c1. The number of imidazole rings is 1. The molecule has 1 unspecified atom stereocenters. The van der Waals surface area contributed by atoms with Crippen molar-refractivity contribution in [1.82, 2.24) is 14.9 Å². The first-order valence-electron chi connectivity index (χ1n) is 10.0. The van der Waals surface area contributed by atoms with Crippen molar-refractivity contribution in [2.45, 2.75) is 33.4 Å². The van der Waals surface area contributed by atoms with Crippen LogP contribution in [-0.4, -0.2) is 22.1 Å². The molecule has 0 aliphatic heterocycles. The van der Waals surface area contributed by atoms with Gasteiger partial charge in [-0.25, -0.2) is 4.98 Å². The highest BCUT2D eigenvalue weighted by Gasteiger charge is 2.19. The summed E-state index contributed by atoms with van der Waals surface area (Å²) in [5.74, 6) is 1.65. The molecule has 0 aliphatic rings. The van der Waals surface area contributed by atoms with E-state index in [1.54, 1.807) is 0 Å². The average molecular weight is 420 g/mol. The van der Waals surface area contributed by atoms with Gasteiger partial charge in [0, 0.05) is 0 Å². The molecule has 154 valence electrons. The first-order valence-corrected chi connectivity index (χ1v) is 10.9. The molecule has 0 saturated heterocycles. The standard InChI is InChI=1S/C24H25N3O2S/c1-16-10-11-17(2)21(15-16)29-13-12-27-20-8-5-4-7-19(20)26-23(27)18(3)25-24(28)22-9-6-14-30-22/h4-11,14-15,18H,12-13H2,1-3H3,(H,25,28). The van der Waals surface area contributed by atoms with Gasteiger partial charge in [0.15, 0.2) is 0 Å². The summed E-state index contributed by atoms with van der Waals surface area (Å²) in [6, 6.07) is 17.7. The molecule has 0 saturated carbocycles. The summed E-state index contributed by atoms with van der Waals surface area (Å²) in [5.41, 5.74) is 4.24. The van der Waals surface area contributed by atoms with Gasteiger partial charge in [-0.2, -0.15) is 0 Å². The summed E-state index contributed by atoms with van der Waals surface area (Å²) in [6.45, 7) is 7.24. The van der Waals surface area contributed by atoms with Gasteiger partial charge in [-0.1, -0.05) is 30.3 Å². The first kappa shape index (κ1) is 20.2. The van der Waals surface area contributed by atoms with E-state index < -0.39 is 0 Å². The summed E-state index contributed by atoms with van der Waals surface area (Å²) in [6.07, 6.45) is 0. The lowest BCUT2D eigenvalue weighted by Gasteiger charge is -2.17. The van der Waals surface area contributed by atoms with E-state index in [-0.39, 0.29) is 11.9 Å². The molecule has 6 heteroatoms. The van der Waals surface area contributed by atoms with E-state index in [2.05, 4.69) is 48.0 Å². The predicted molar refractivity (Wildman–Crippen MR) is 121 cm³/mol. The van der Waals surface area contributed by atoms with Gasteiger partial charge in [-0.3, -0.25) is 4.79 Å². The van der Waals surface area contributed by atoms with Gasteiger partial charge < -0.3 is 14.6 Å². The number of rotatable bonds is 7. The van der Waals surface area contributed by atoms with Crippen LogP contribution in [0.25, 0.3) is 11.0 Å². The van der Waals surface area contributed by atoms with Crippen molar-refractivity contribution < 1.29 is 9.53 Å². The molecule has 2 aromatic heterocycles. The normalized spacial score (nSPS) is 12.1. The van der Waals surface area contributed by atoms with Crippen LogP contribution in [0, 0.1) is 13.8 Å². The molecule has 0 radical (unpaired) electrons. The van der Waals surface area contributed by atoms with Gasteiger partial charge in [-0.05, 0) is 61.5 Å². The molecular formula is C24H25N3O2S. The molecule has 4 aromatic rings. The van der Waals surface area contributed by atoms with Crippen LogP contribution in [0.2, 0.25) is 0 Å². The molecule has 2 aromatic carbocycles. The Morgan fingerprint density at radius 1 is 1.17 bits per heavy atom. The van der Waals surface area contributed by atoms with Crippen molar-refractivity contribution in [3.05, 3.63) is 81.8 Å². The molecule has 0 aliphatic carbocycles. The molecule has 0 bridgehead atoms. The highest BCUT2D eigenvalue weighted by Crippen LogP contribution is 2.23. The maximum Gasteiger partial charge on any atom is 0.261 e. The Balaban J connectivity index is 1.55. The lowest BCUT2D eigenvalue weighted by atomic mass is 10.1. The van der Waals surface area contributed by atoms with Crippen molar-refractivity contribution in [2.75, 3.05) is 6.61 Å². The van der Waals surface area contributed by atoms with Crippen LogP contribution < -0.4 is 10.1 Å². The third-order valence-electron chi connectivity index (χ3n) is 5.08. The largest absolute Gasteiger partial charge is 0.491 e. The molecule has 2 heterocycles. The zero-order valence-corrected chi connectivity index (χ0v) is 18.2. The summed E-state index contributed by atoms with van der Waals surface area (Å²) in [5, 5.41) is 4.97. The number of hydrogen-bond acceptors (Lipinski definition) is 4. The number of carbonyl (C=O) groups is 1. The van der Waals surface area contributed by atoms with Gasteiger partial charge in [0.1, 0.15) is 18.2 Å². The van der Waals surface area contributed by atoms with Gasteiger partial charge in [0.05, 0.1) is 28.5 Å². The molecule has 1 atom stereocenters. The van der Waals surface area contributed by atoms with E-state index in [9.17, 15) is 4.79 Å². The van der Waals surface area contributed by atoms with Crippen LogP contribution in [0.5, 0.6) is 5.75 Å². The van der Waals surface area contributed by atoms with Crippen molar-refractivity contribution in [1.29, 1.82) is 0 Å².